The number of anilines is 12. The average Bonchev–Trinajstić information content (AvgIpc) is 0.694. The van der Waals surface area contributed by atoms with E-state index in [0.29, 0.717) is 0 Å². The van der Waals surface area contributed by atoms with Crippen molar-refractivity contribution in [2.45, 2.75) is 96.3 Å². The fourth-order valence-electron chi connectivity index (χ4n) is 16.9. The second-order valence-corrected chi connectivity index (χ2v) is 29.0. The van der Waals surface area contributed by atoms with Crippen LogP contribution in [0, 0.1) is 0 Å². The Labute approximate surface area is 548 Å². The summed E-state index contributed by atoms with van der Waals surface area (Å²) < 4.78 is 0. The third kappa shape index (κ3) is 8.36. The van der Waals surface area contributed by atoms with Gasteiger partial charge in [-0.3, -0.25) is 0 Å². The lowest BCUT2D eigenvalue weighted by Crippen LogP contribution is -2.40. The summed E-state index contributed by atoms with van der Waals surface area (Å²) in [4.78, 5) is 10.1. The van der Waals surface area contributed by atoms with E-state index in [1.54, 1.807) is 0 Å². The van der Waals surface area contributed by atoms with Crippen molar-refractivity contribution in [2.24, 2.45) is 0 Å². The van der Waals surface area contributed by atoms with Crippen LogP contribution in [0.25, 0.3) is 32.7 Å². The molecular formula is C89H76N4. The molecule has 0 aromatic heterocycles. The smallest absolute Gasteiger partial charge is 0.0543 e. The summed E-state index contributed by atoms with van der Waals surface area (Å²) in [6.45, 7) is 24.3. The normalized spacial score (nSPS) is 15.5. The molecule has 4 heteroatoms. The SMILES string of the molecule is CC(C)(c1ccc(N(c2ccc3c(c2)C(C)(C)c2cccc4c2N3c2ccccc2C4(C)C)c2ccc3ccccc3c2)cc1)c1cccc2c1C(C)(C)c1cccc3c1N2c1ccc(N(c2cccc(-c4ccccc4)c2)c2ccc4ccccc4c2)cc1C3(C)C. The Balaban J connectivity index is 0.779. The zero-order chi connectivity index (χ0) is 63.5. The summed E-state index contributed by atoms with van der Waals surface area (Å²) in [6.07, 6.45) is 0. The molecule has 0 radical (unpaired) electrons. The molecule has 4 aliphatic heterocycles. The molecule has 0 N–H and O–H groups in total. The van der Waals surface area contributed by atoms with Crippen LogP contribution < -0.4 is 19.6 Å². The van der Waals surface area contributed by atoms with Gasteiger partial charge in [-0.25, -0.2) is 0 Å². The Kier molecular flexibility index (Phi) is 12.3. The maximum Gasteiger partial charge on any atom is 0.0543 e. The van der Waals surface area contributed by atoms with Gasteiger partial charge in [-0.2, -0.15) is 0 Å². The summed E-state index contributed by atoms with van der Waals surface area (Å²) >= 11 is 0. The van der Waals surface area contributed by atoms with Crippen LogP contribution in [0.2, 0.25) is 0 Å². The molecule has 0 bridgehead atoms. The lowest BCUT2D eigenvalue weighted by Gasteiger charge is -2.51. The number of para-hydroxylation sites is 3. The standard InChI is InChI=1S/C89H76N4/c1-85(2,63-42-46-64(47-43-63)90(66-44-40-58-26-14-16-28-60(58)53-66)68-48-50-79-76(55-68)87(5,6)73-35-21-34-72-83(73)92(79)78-38-19-18-32-70(78)86(72,3)4)71-33-23-39-81-82(71)89(9,10)75-37-22-36-74-84(75)93(81)80-51-49-69(56-77(80)88(74,7)8)91(67-45-41-59-27-15-17-29-61(59)54-67)65-31-20-30-62(52-65)57-24-12-11-13-25-57/h11-56H,1-10H3. The molecule has 17 rings (SSSR count). The minimum absolute atomic E-state index is 0.144. The molecule has 0 aliphatic carbocycles. The number of fused-ring (bicyclic) bond motifs is 10. The molecular weight excluding hydrogens is 1130 g/mol. The highest BCUT2D eigenvalue weighted by atomic mass is 15.2. The monoisotopic (exact) mass is 1200 g/mol. The Bertz CT molecular complexity index is 5220. The van der Waals surface area contributed by atoms with E-state index in [9.17, 15) is 0 Å². The first kappa shape index (κ1) is 56.6. The molecule has 0 saturated heterocycles. The van der Waals surface area contributed by atoms with Gasteiger partial charge in [-0.1, -0.05) is 251 Å². The van der Waals surface area contributed by atoms with Crippen molar-refractivity contribution in [1.29, 1.82) is 0 Å². The quantitative estimate of drug-likeness (QED) is 0.143. The molecule has 13 aromatic rings. The van der Waals surface area contributed by atoms with Crippen LogP contribution in [0.5, 0.6) is 0 Å². The number of hydrogen-bond donors (Lipinski definition) is 0. The van der Waals surface area contributed by atoms with E-state index in [0.717, 1.165) is 34.1 Å². The van der Waals surface area contributed by atoms with Crippen molar-refractivity contribution < 1.29 is 0 Å². The predicted molar refractivity (Wildman–Crippen MR) is 393 cm³/mol. The van der Waals surface area contributed by atoms with Crippen LogP contribution in [0.15, 0.2) is 279 Å². The van der Waals surface area contributed by atoms with Gasteiger partial charge in [0.15, 0.2) is 0 Å². The molecule has 0 spiro atoms. The highest BCUT2D eigenvalue weighted by Gasteiger charge is 2.49. The fourth-order valence-corrected chi connectivity index (χ4v) is 16.9. The van der Waals surface area contributed by atoms with Crippen molar-refractivity contribution in [1.82, 2.24) is 0 Å². The second-order valence-electron chi connectivity index (χ2n) is 29.0. The van der Waals surface area contributed by atoms with Crippen LogP contribution in [-0.2, 0) is 27.1 Å². The van der Waals surface area contributed by atoms with Crippen molar-refractivity contribution in [3.63, 3.8) is 0 Å². The van der Waals surface area contributed by atoms with Crippen molar-refractivity contribution in [2.75, 3.05) is 19.6 Å². The fraction of sp³-hybridized carbons (Fsp3) is 0.169. The lowest BCUT2D eigenvalue weighted by atomic mass is 9.63. The Morgan fingerprint density at radius 2 is 0.656 bits per heavy atom. The molecule has 0 saturated carbocycles. The topological polar surface area (TPSA) is 13.0 Å². The van der Waals surface area contributed by atoms with Gasteiger partial charge in [-0.05, 0) is 185 Å². The lowest BCUT2D eigenvalue weighted by molar-refractivity contribution is 0.564. The predicted octanol–water partition coefficient (Wildman–Crippen LogP) is 24.4. The Morgan fingerprint density at radius 1 is 0.269 bits per heavy atom. The Hall–Kier alpha value is -10.4. The number of rotatable bonds is 9. The van der Waals surface area contributed by atoms with Crippen LogP contribution in [0.4, 0.5) is 68.2 Å². The summed E-state index contributed by atoms with van der Waals surface area (Å²) in [5.41, 5.74) is 28.5. The maximum absolute atomic E-state index is 2.62. The van der Waals surface area contributed by atoms with E-state index in [-0.39, 0.29) is 21.7 Å². The third-order valence-electron chi connectivity index (χ3n) is 22.0. The first-order valence-electron chi connectivity index (χ1n) is 33.2. The van der Waals surface area contributed by atoms with Gasteiger partial charge < -0.3 is 19.6 Å². The molecule has 4 nitrogen and oxygen atoms in total. The molecule has 0 amide bonds. The van der Waals surface area contributed by atoms with E-state index >= 15 is 0 Å². The molecule has 4 aliphatic rings. The van der Waals surface area contributed by atoms with Gasteiger partial charge in [0.2, 0.25) is 0 Å². The zero-order valence-electron chi connectivity index (χ0n) is 54.8. The highest BCUT2D eigenvalue weighted by Crippen LogP contribution is 2.64. The first-order valence-corrected chi connectivity index (χ1v) is 33.2. The first-order chi connectivity index (χ1) is 44.9. The summed E-state index contributed by atoms with van der Waals surface area (Å²) in [6, 6.07) is 105. The highest BCUT2D eigenvalue weighted by molar-refractivity contribution is 5.98. The molecule has 0 fully saturated rings. The molecule has 93 heavy (non-hydrogen) atoms. The Morgan fingerprint density at radius 3 is 1.24 bits per heavy atom. The molecule has 0 unspecified atom stereocenters. The van der Waals surface area contributed by atoms with E-state index < -0.39 is 5.41 Å². The van der Waals surface area contributed by atoms with Crippen molar-refractivity contribution in [3.8, 4) is 11.1 Å². The van der Waals surface area contributed by atoms with Gasteiger partial charge >= 0.3 is 0 Å². The van der Waals surface area contributed by atoms with Crippen LogP contribution in [-0.4, -0.2) is 0 Å². The molecule has 4 heterocycles. The minimum atomic E-state index is -0.401. The van der Waals surface area contributed by atoms with Gasteiger partial charge in [0.1, 0.15) is 0 Å². The van der Waals surface area contributed by atoms with Gasteiger partial charge in [0, 0.05) is 61.2 Å². The summed E-state index contributed by atoms with van der Waals surface area (Å²) in [5.74, 6) is 0. The van der Waals surface area contributed by atoms with E-state index in [1.807, 2.05) is 0 Å². The van der Waals surface area contributed by atoms with E-state index in [1.165, 1.54) is 122 Å². The van der Waals surface area contributed by atoms with Gasteiger partial charge in [0.05, 0.1) is 34.1 Å². The summed E-state index contributed by atoms with van der Waals surface area (Å²) in [7, 11) is 0. The summed E-state index contributed by atoms with van der Waals surface area (Å²) in [5, 5.41) is 4.87. The number of benzene rings is 13. The average molecular weight is 1200 g/mol. The van der Waals surface area contributed by atoms with Crippen molar-refractivity contribution in [3.05, 3.63) is 335 Å². The van der Waals surface area contributed by atoms with Crippen LogP contribution >= 0.6 is 0 Å². The zero-order valence-corrected chi connectivity index (χ0v) is 54.8. The van der Waals surface area contributed by atoms with Crippen LogP contribution in [0.3, 0.4) is 0 Å². The maximum atomic E-state index is 2.62. The van der Waals surface area contributed by atoms with E-state index in [2.05, 4.69) is 368 Å². The molecule has 452 valence electrons. The molecule has 0 atom stereocenters. The number of hydrogen-bond acceptors (Lipinski definition) is 4. The third-order valence-corrected chi connectivity index (χ3v) is 22.0. The molecule has 13 aromatic carbocycles. The minimum Gasteiger partial charge on any atom is -0.310 e. The largest absolute Gasteiger partial charge is 0.310 e. The van der Waals surface area contributed by atoms with Crippen LogP contribution in [0.1, 0.15) is 125 Å². The second kappa shape index (κ2) is 20.3. The van der Waals surface area contributed by atoms with Crippen molar-refractivity contribution >= 4 is 89.8 Å². The van der Waals surface area contributed by atoms with Gasteiger partial charge in [-0.15, -0.1) is 0 Å². The number of nitrogens with zero attached hydrogens (tertiary/aromatic N) is 4. The van der Waals surface area contributed by atoms with E-state index in [4.69, 9.17) is 0 Å². The van der Waals surface area contributed by atoms with Gasteiger partial charge in [0.25, 0.3) is 0 Å².